The van der Waals surface area contributed by atoms with Gasteiger partial charge in [0.05, 0.1) is 6.42 Å². The minimum Gasteiger partial charge on any atom is -0.481 e. The van der Waals surface area contributed by atoms with Gasteiger partial charge in [-0.15, -0.1) is 21.5 Å². The van der Waals surface area contributed by atoms with Gasteiger partial charge in [0.15, 0.2) is 0 Å². The molecule has 0 atom stereocenters. The largest absolute Gasteiger partial charge is 0.481 e. The molecule has 0 bridgehead atoms. The Kier molecular flexibility index (Phi) is 4.69. The fourth-order valence-corrected chi connectivity index (χ4v) is 5.36. The number of halogens is 1. The van der Waals surface area contributed by atoms with Crippen LogP contribution in [0.1, 0.15) is 11.1 Å². The van der Waals surface area contributed by atoms with Crippen LogP contribution in [0.25, 0.3) is 31.6 Å². The summed E-state index contributed by atoms with van der Waals surface area (Å²) in [5.41, 5.74) is 9.50. The smallest absolute Gasteiger partial charge is 0.307 e. The van der Waals surface area contributed by atoms with Gasteiger partial charge in [0.1, 0.15) is 5.01 Å². The monoisotopic (exact) mass is 454 g/mol. The van der Waals surface area contributed by atoms with Crippen molar-refractivity contribution in [3.8, 4) is 10.6 Å². The highest BCUT2D eigenvalue weighted by Crippen LogP contribution is 2.33. The number of aromatic nitrogens is 3. The molecule has 150 valence electrons. The molecule has 3 N–H and O–H groups in total. The van der Waals surface area contributed by atoms with Gasteiger partial charge in [0, 0.05) is 38.9 Å². The van der Waals surface area contributed by atoms with Crippen LogP contribution < -0.4 is 5.73 Å². The van der Waals surface area contributed by atoms with Crippen LogP contribution in [0.15, 0.2) is 48.0 Å². The van der Waals surface area contributed by atoms with E-state index >= 15 is 0 Å². The Bertz CT molecular complexity index is 1420. The van der Waals surface area contributed by atoms with Crippen molar-refractivity contribution in [1.29, 1.82) is 0 Å². The standard InChI is InChI=1S/C21H15ClN4O2S2/c22-14-2-4-18-16(7-14)13(10-29-18)9-26-8-12(6-19(27)28)15-3-1-11(5-17(15)26)20-24-25-21(23)30-20/h1-5,7-8,10H,6,9H2,(H2,23,25)(H,27,28). The number of rotatable bonds is 5. The van der Waals surface area contributed by atoms with Crippen LogP contribution in [-0.2, 0) is 17.8 Å². The van der Waals surface area contributed by atoms with E-state index in [-0.39, 0.29) is 6.42 Å². The number of benzene rings is 2. The molecule has 0 aliphatic heterocycles. The van der Waals surface area contributed by atoms with E-state index in [1.165, 1.54) is 16.0 Å². The van der Waals surface area contributed by atoms with Gasteiger partial charge in [-0.2, -0.15) is 0 Å². The van der Waals surface area contributed by atoms with E-state index in [1.54, 1.807) is 11.3 Å². The van der Waals surface area contributed by atoms with Crippen molar-refractivity contribution in [2.24, 2.45) is 0 Å². The highest BCUT2D eigenvalue weighted by atomic mass is 35.5. The van der Waals surface area contributed by atoms with E-state index in [2.05, 4.69) is 20.1 Å². The van der Waals surface area contributed by atoms with Crippen molar-refractivity contribution < 1.29 is 9.90 Å². The number of aliphatic carboxylic acids is 1. The number of nitrogens with zero attached hydrogens (tertiary/aromatic N) is 3. The number of carboxylic acids is 1. The Labute approximate surface area is 184 Å². The maximum Gasteiger partial charge on any atom is 0.307 e. The summed E-state index contributed by atoms with van der Waals surface area (Å²) in [6, 6.07) is 11.8. The Morgan fingerprint density at radius 1 is 1.13 bits per heavy atom. The van der Waals surface area contributed by atoms with Crippen LogP contribution >= 0.6 is 34.3 Å². The first-order chi connectivity index (χ1) is 14.5. The second kappa shape index (κ2) is 7.39. The summed E-state index contributed by atoms with van der Waals surface area (Å²) in [6.07, 6.45) is 1.88. The fourth-order valence-electron chi connectivity index (χ4n) is 3.65. The first-order valence-electron chi connectivity index (χ1n) is 9.06. The molecule has 9 heteroatoms. The summed E-state index contributed by atoms with van der Waals surface area (Å²) in [7, 11) is 0. The third-order valence-corrected chi connectivity index (χ3v) is 7.00. The lowest BCUT2D eigenvalue weighted by atomic mass is 10.1. The van der Waals surface area contributed by atoms with Crippen molar-refractivity contribution in [3.63, 3.8) is 0 Å². The van der Waals surface area contributed by atoms with Crippen molar-refractivity contribution in [2.75, 3.05) is 5.73 Å². The zero-order valence-corrected chi connectivity index (χ0v) is 17.9. The summed E-state index contributed by atoms with van der Waals surface area (Å²) in [5.74, 6) is -0.859. The van der Waals surface area contributed by atoms with E-state index in [0.29, 0.717) is 16.7 Å². The Hall–Kier alpha value is -2.94. The molecule has 0 saturated heterocycles. The fraction of sp³-hybridized carbons (Fsp3) is 0.0952. The van der Waals surface area contributed by atoms with Gasteiger partial charge in [0.2, 0.25) is 5.13 Å². The second-order valence-corrected chi connectivity index (χ2v) is 9.29. The average Bonchev–Trinajstić information content (AvgIpc) is 3.40. The molecule has 2 aromatic carbocycles. The molecule has 3 aromatic heterocycles. The molecule has 5 rings (SSSR count). The first kappa shape index (κ1) is 19.0. The van der Waals surface area contributed by atoms with Crippen LogP contribution in [-0.4, -0.2) is 25.8 Å². The molecule has 0 unspecified atom stereocenters. The molecule has 3 heterocycles. The van der Waals surface area contributed by atoms with E-state index in [9.17, 15) is 9.90 Å². The Morgan fingerprint density at radius 2 is 2.00 bits per heavy atom. The number of anilines is 1. The third kappa shape index (κ3) is 3.43. The van der Waals surface area contributed by atoms with Crippen LogP contribution in [0.5, 0.6) is 0 Å². The molecule has 6 nitrogen and oxygen atoms in total. The number of thiophene rings is 1. The summed E-state index contributed by atoms with van der Waals surface area (Å²) in [6.45, 7) is 0.609. The minimum absolute atomic E-state index is 0.0369. The first-order valence-corrected chi connectivity index (χ1v) is 11.1. The van der Waals surface area contributed by atoms with Crippen molar-refractivity contribution in [1.82, 2.24) is 14.8 Å². The van der Waals surface area contributed by atoms with Crippen LogP contribution in [0, 0.1) is 0 Å². The summed E-state index contributed by atoms with van der Waals surface area (Å²) >= 11 is 9.20. The molecule has 5 aromatic rings. The van der Waals surface area contributed by atoms with Gasteiger partial charge < -0.3 is 15.4 Å². The van der Waals surface area contributed by atoms with Crippen LogP contribution in [0.3, 0.4) is 0 Å². The maximum atomic E-state index is 11.4. The lowest BCUT2D eigenvalue weighted by Gasteiger charge is -2.06. The highest BCUT2D eigenvalue weighted by molar-refractivity contribution is 7.18. The summed E-state index contributed by atoms with van der Waals surface area (Å²) < 4.78 is 3.26. The lowest BCUT2D eigenvalue weighted by Crippen LogP contribution is -2.00. The van der Waals surface area contributed by atoms with E-state index in [0.717, 1.165) is 38.0 Å². The predicted molar refractivity (Wildman–Crippen MR) is 123 cm³/mol. The van der Waals surface area contributed by atoms with Gasteiger partial charge in [0.25, 0.3) is 0 Å². The van der Waals surface area contributed by atoms with Crippen molar-refractivity contribution >= 4 is 66.4 Å². The highest BCUT2D eigenvalue weighted by Gasteiger charge is 2.15. The molecule has 30 heavy (non-hydrogen) atoms. The lowest BCUT2D eigenvalue weighted by molar-refractivity contribution is -0.136. The number of carbonyl (C=O) groups is 1. The van der Waals surface area contributed by atoms with E-state index in [4.69, 9.17) is 17.3 Å². The van der Waals surface area contributed by atoms with Crippen molar-refractivity contribution in [2.45, 2.75) is 13.0 Å². The average molecular weight is 455 g/mol. The van der Waals surface area contributed by atoms with Gasteiger partial charge in [-0.1, -0.05) is 35.1 Å². The SMILES string of the molecule is Nc1nnc(-c2ccc3c(CC(=O)O)cn(Cc4csc5ccc(Cl)cc45)c3c2)s1. The summed E-state index contributed by atoms with van der Waals surface area (Å²) in [5, 5.41) is 23.4. The van der Waals surface area contributed by atoms with Crippen molar-refractivity contribution in [3.05, 3.63) is 64.1 Å². The molecular weight excluding hydrogens is 440 g/mol. The van der Waals surface area contributed by atoms with E-state index < -0.39 is 5.97 Å². The number of carboxylic acid groups (broad SMARTS) is 1. The topological polar surface area (TPSA) is 94.0 Å². The molecule has 0 spiro atoms. The molecule has 0 amide bonds. The van der Waals surface area contributed by atoms with Crippen LogP contribution in [0.2, 0.25) is 5.02 Å². The third-order valence-electron chi connectivity index (χ3n) is 4.95. The zero-order valence-electron chi connectivity index (χ0n) is 15.5. The van der Waals surface area contributed by atoms with Gasteiger partial charge in [-0.3, -0.25) is 4.79 Å². The molecule has 0 saturated carbocycles. The molecule has 0 fully saturated rings. The Balaban J connectivity index is 1.65. The predicted octanol–water partition coefficient (Wildman–Crippen LogP) is 5.29. The van der Waals surface area contributed by atoms with Crippen LogP contribution in [0.4, 0.5) is 5.13 Å². The molecule has 0 aliphatic rings. The number of fused-ring (bicyclic) bond motifs is 2. The van der Waals surface area contributed by atoms with E-state index in [1.807, 2.05) is 42.6 Å². The molecule has 0 radical (unpaired) electrons. The molecular formula is C21H15ClN4O2S2. The normalized spacial score (nSPS) is 11.5. The quantitative estimate of drug-likeness (QED) is 0.376. The second-order valence-electron chi connectivity index (χ2n) is 6.93. The zero-order chi connectivity index (χ0) is 20.8. The Morgan fingerprint density at radius 3 is 2.77 bits per heavy atom. The van der Waals surface area contributed by atoms with Gasteiger partial charge >= 0.3 is 5.97 Å². The summed E-state index contributed by atoms with van der Waals surface area (Å²) in [4.78, 5) is 11.4. The minimum atomic E-state index is -0.859. The maximum absolute atomic E-state index is 11.4. The number of nitrogens with two attached hydrogens (primary N) is 1. The van der Waals surface area contributed by atoms with Gasteiger partial charge in [-0.25, -0.2) is 0 Å². The molecule has 0 aliphatic carbocycles. The number of hydrogen-bond donors (Lipinski definition) is 2. The number of nitrogen functional groups attached to an aromatic ring is 1. The number of hydrogen-bond acceptors (Lipinski definition) is 6. The van der Waals surface area contributed by atoms with Gasteiger partial charge in [-0.05, 0) is 46.2 Å².